The van der Waals surface area contributed by atoms with E-state index in [-0.39, 0.29) is 11.7 Å². The molecule has 7 heteroatoms. The highest BCUT2D eigenvalue weighted by Crippen LogP contribution is 1.93. The van der Waals surface area contributed by atoms with Gasteiger partial charge in [-0.2, -0.15) is 0 Å². The van der Waals surface area contributed by atoms with Crippen molar-refractivity contribution in [3.8, 4) is 0 Å². The van der Waals surface area contributed by atoms with E-state index in [1.54, 1.807) is 19.4 Å². The fraction of sp³-hybridized carbons (Fsp3) is 0.250. The summed E-state index contributed by atoms with van der Waals surface area (Å²) >= 11 is 0. The van der Waals surface area contributed by atoms with Crippen LogP contribution in [0.5, 0.6) is 0 Å². The van der Waals surface area contributed by atoms with Crippen LogP contribution in [-0.4, -0.2) is 31.1 Å². The Morgan fingerprint density at radius 1 is 1.60 bits per heavy atom. The molecule has 0 aliphatic carbocycles. The van der Waals surface area contributed by atoms with Crippen molar-refractivity contribution in [1.82, 2.24) is 30.5 Å². The first-order valence-electron chi connectivity index (χ1n) is 4.40. The van der Waals surface area contributed by atoms with Crippen molar-refractivity contribution in [3.05, 3.63) is 29.9 Å². The van der Waals surface area contributed by atoms with Crippen LogP contribution in [0.25, 0.3) is 0 Å². The van der Waals surface area contributed by atoms with E-state index in [1.165, 1.54) is 0 Å². The van der Waals surface area contributed by atoms with Crippen molar-refractivity contribution in [2.75, 3.05) is 0 Å². The third kappa shape index (κ3) is 2.19. The van der Waals surface area contributed by atoms with Gasteiger partial charge in [-0.15, -0.1) is 5.10 Å². The lowest BCUT2D eigenvalue weighted by Crippen LogP contribution is -2.24. The lowest BCUT2D eigenvalue weighted by Gasteiger charge is -1.98. The maximum absolute atomic E-state index is 11.5. The van der Waals surface area contributed by atoms with Gasteiger partial charge in [0.05, 0.1) is 18.6 Å². The first-order chi connectivity index (χ1) is 7.25. The van der Waals surface area contributed by atoms with Crippen LogP contribution in [-0.2, 0) is 6.54 Å². The van der Waals surface area contributed by atoms with Crippen LogP contribution < -0.4 is 5.32 Å². The van der Waals surface area contributed by atoms with Gasteiger partial charge in [-0.25, -0.2) is 9.97 Å². The number of H-pyrrole nitrogens is 2. The Labute approximate surface area is 85.3 Å². The highest BCUT2D eigenvalue weighted by atomic mass is 16.2. The van der Waals surface area contributed by atoms with Crippen molar-refractivity contribution in [1.29, 1.82) is 0 Å². The molecule has 7 nitrogen and oxygen atoms in total. The van der Waals surface area contributed by atoms with Crippen molar-refractivity contribution in [2.24, 2.45) is 0 Å². The molecule has 0 aliphatic heterocycles. The molecule has 2 aromatic rings. The van der Waals surface area contributed by atoms with Crippen molar-refractivity contribution in [3.63, 3.8) is 0 Å². The fourth-order valence-corrected chi connectivity index (χ4v) is 1.08. The van der Waals surface area contributed by atoms with Crippen LogP contribution in [0.15, 0.2) is 12.5 Å². The Morgan fingerprint density at radius 2 is 2.47 bits per heavy atom. The summed E-state index contributed by atoms with van der Waals surface area (Å²) in [5, 5.41) is 9.00. The van der Waals surface area contributed by atoms with Crippen LogP contribution in [0.4, 0.5) is 0 Å². The summed E-state index contributed by atoms with van der Waals surface area (Å²) in [5.41, 5.74) is 0.829. The Balaban J connectivity index is 1.93. The van der Waals surface area contributed by atoms with E-state index in [1.807, 2.05) is 0 Å². The molecule has 2 aromatic heterocycles. The summed E-state index contributed by atoms with van der Waals surface area (Å²) in [6.45, 7) is 2.12. The van der Waals surface area contributed by atoms with Gasteiger partial charge in [0, 0.05) is 6.20 Å². The quantitative estimate of drug-likeness (QED) is 0.645. The van der Waals surface area contributed by atoms with E-state index in [2.05, 4.69) is 30.5 Å². The highest BCUT2D eigenvalue weighted by Gasteiger charge is 2.10. The number of nitrogens with one attached hydrogen (secondary N) is 3. The number of aromatic nitrogens is 5. The Morgan fingerprint density at radius 3 is 3.07 bits per heavy atom. The van der Waals surface area contributed by atoms with E-state index >= 15 is 0 Å². The zero-order valence-corrected chi connectivity index (χ0v) is 8.11. The van der Waals surface area contributed by atoms with Crippen molar-refractivity contribution >= 4 is 5.91 Å². The SMILES string of the molecule is Cc1nc(C(=O)NCc2cnc[nH]2)n[nH]1. The number of carbonyl (C=O) groups excluding carboxylic acids is 1. The zero-order chi connectivity index (χ0) is 10.7. The predicted octanol–water partition coefficient (Wildman–Crippen LogP) is -0.234. The molecule has 1 amide bonds. The molecule has 0 bridgehead atoms. The average molecular weight is 206 g/mol. The molecule has 0 unspecified atom stereocenters. The summed E-state index contributed by atoms with van der Waals surface area (Å²) < 4.78 is 0. The van der Waals surface area contributed by atoms with E-state index in [0.717, 1.165) is 5.69 Å². The summed E-state index contributed by atoms with van der Waals surface area (Å²) in [6.07, 6.45) is 3.20. The van der Waals surface area contributed by atoms with E-state index < -0.39 is 0 Å². The van der Waals surface area contributed by atoms with Crippen molar-refractivity contribution < 1.29 is 4.79 Å². The van der Waals surface area contributed by atoms with Crippen LogP contribution in [0.2, 0.25) is 0 Å². The standard InChI is InChI=1S/C8H10N6O/c1-5-12-7(14-13-5)8(15)10-3-6-2-9-4-11-6/h2,4H,3H2,1H3,(H,9,11)(H,10,15)(H,12,13,14). The van der Waals surface area contributed by atoms with E-state index in [0.29, 0.717) is 12.4 Å². The summed E-state index contributed by atoms with van der Waals surface area (Å²) in [6, 6.07) is 0. The molecule has 2 heterocycles. The number of aryl methyl sites for hydroxylation is 1. The maximum atomic E-state index is 11.5. The molecular formula is C8H10N6O. The van der Waals surface area contributed by atoms with Gasteiger partial charge in [0.1, 0.15) is 5.82 Å². The minimum absolute atomic E-state index is 0.145. The number of hydrogen-bond donors (Lipinski definition) is 3. The monoisotopic (exact) mass is 206 g/mol. The molecule has 15 heavy (non-hydrogen) atoms. The second-order valence-electron chi connectivity index (χ2n) is 3.00. The van der Waals surface area contributed by atoms with Gasteiger partial charge < -0.3 is 10.3 Å². The number of amides is 1. The average Bonchev–Trinajstić information content (AvgIpc) is 2.84. The smallest absolute Gasteiger partial charge is 0.291 e. The van der Waals surface area contributed by atoms with Gasteiger partial charge >= 0.3 is 0 Å². The molecule has 0 saturated carbocycles. The number of hydrogen-bond acceptors (Lipinski definition) is 4. The van der Waals surface area contributed by atoms with Gasteiger partial charge in [0.2, 0.25) is 5.82 Å². The molecule has 0 spiro atoms. The summed E-state index contributed by atoms with van der Waals surface area (Å²) in [4.78, 5) is 22.1. The van der Waals surface area contributed by atoms with E-state index in [4.69, 9.17) is 0 Å². The molecule has 0 atom stereocenters. The lowest BCUT2D eigenvalue weighted by atomic mass is 10.4. The fourth-order valence-electron chi connectivity index (χ4n) is 1.08. The largest absolute Gasteiger partial charge is 0.347 e. The van der Waals surface area contributed by atoms with Gasteiger partial charge in [-0.3, -0.25) is 9.89 Å². The Hall–Kier alpha value is -2.18. The molecular weight excluding hydrogens is 196 g/mol. The topological polar surface area (TPSA) is 99.3 Å². The first-order valence-corrected chi connectivity index (χ1v) is 4.40. The van der Waals surface area contributed by atoms with Crippen LogP contribution in [0, 0.1) is 6.92 Å². The normalized spacial score (nSPS) is 10.2. The molecule has 0 aliphatic rings. The minimum Gasteiger partial charge on any atom is -0.347 e. The Kier molecular flexibility index (Phi) is 2.44. The molecule has 0 fully saturated rings. The van der Waals surface area contributed by atoms with Gasteiger partial charge in [0.25, 0.3) is 5.91 Å². The van der Waals surface area contributed by atoms with Crippen molar-refractivity contribution in [2.45, 2.75) is 13.5 Å². The zero-order valence-electron chi connectivity index (χ0n) is 8.11. The van der Waals surface area contributed by atoms with Gasteiger partial charge in [0.15, 0.2) is 0 Å². The Bertz CT molecular complexity index is 445. The third-order valence-electron chi connectivity index (χ3n) is 1.79. The lowest BCUT2D eigenvalue weighted by molar-refractivity contribution is 0.0940. The molecule has 0 radical (unpaired) electrons. The van der Waals surface area contributed by atoms with Crippen LogP contribution in [0.1, 0.15) is 22.1 Å². The number of carbonyl (C=O) groups is 1. The predicted molar refractivity (Wildman–Crippen MR) is 50.9 cm³/mol. The molecule has 3 N–H and O–H groups in total. The second kappa shape index (κ2) is 3.91. The minimum atomic E-state index is -0.311. The number of rotatable bonds is 3. The molecule has 0 saturated heterocycles. The molecule has 2 rings (SSSR count). The first kappa shape index (κ1) is 9.38. The maximum Gasteiger partial charge on any atom is 0.291 e. The second-order valence-corrected chi connectivity index (χ2v) is 3.00. The van der Waals surface area contributed by atoms with E-state index in [9.17, 15) is 4.79 Å². The van der Waals surface area contributed by atoms with Crippen LogP contribution in [0.3, 0.4) is 0 Å². The number of aromatic amines is 2. The number of imidazole rings is 1. The van der Waals surface area contributed by atoms with Gasteiger partial charge in [-0.05, 0) is 6.92 Å². The third-order valence-corrected chi connectivity index (χ3v) is 1.79. The summed E-state index contributed by atoms with van der Waals surface area (Å²) in [5.74, 6) is 0.447. The summed E-state index contributed by atoms with van der Waals surface area (Å²) in [7, 11) is 0. The molecule has 78 valence electrons. The van der Waals surface area contributed by atoms with Gasteiger partial charge in [-0.1, -0.05) is 0 Å². The van der Waals surface area contributed by atoms with Crippen LogP contribution >= 0.6 is 0 Å². The highest BCUT2D eigenvalue weighted by molar-refractivity contribution is 5.90. The molecule has 0 aromatic carbocycles. The number of nitrogens with zero attached hydrogens (tertiary/aromatic N) is 3.